The summed E-state index contributed by atoms with van der Waals surface area (Å²) in [7, 11) is 0. The van der Waals surface area contributed by atoms with Crippen LogP contribution in [0.1, 0.15) is 11.1 Å². The van der Waals surface area contributed by atoms with Crippen molar-refractivity contribution in [3.63, 3.8) is 0 Å². The second-order valence-electron chi connectivity index (χ2n) is 6.64. The number of nitrogens with zero attached hydrogens (tertiary/aromatic N) is 2. The molecule has 0 atom stereocenters. The van der Waals surface area contributed by atoms with Gasteiger partial charge in [-0.3, -0.25) is 0 Å². The summed E-state index contributed by atoms with van der Waals surface area (Å²) in [5, 5.41) is 9.25. The number of hydrogen-bond acceptors (Lipinski definition) is 4. The standard InChI is InChI=1S/C22H19N3O2S/c1-2-5-18(6-3-1)25-14-17(22(24-25)21-7-4-10-28-21)13-23-12-16-8-9-19-20(11-16)27-15-26-19/h1-11,14,23H,12-13,15H2/p+1. The molecule has 28 heavy (non-hydrogen) atoms. The van der Waals surface area contributed by atoms with Crippen molar-refractivity contribution < 1.29 is 14.8 Å². The summed E-state index contributed by atoms with van der Waals surface area (Å²) < 4.78 is 12.8. The molecule has 0 aliphatic carbocycles. The molecule has 0 radical (unpaired) electrons. The molecule has 2 N–H and O–H groups in total. The van der Waals surface area contributed by atoms with E-state index in [0.717, 1.165) is 36.0 Å². The SMILES string of the molecule is c1ccc(-n2cc(C[NH2+]Cc3ccc4c(c3)OCO4)c(-c3cccs3)n2)cc1. The average molecular weight is 390 g/mol. The zero-order valence-electron chi connectivity index (χ0n) is 15.2. The normalized spacial score (nSPS) is 12.4. The fraction of sp³-hybridized carbons (Fsp3) is 0.136. The molecule has 0 saturated carbocycles. The Hall–Kier alpha value is -3.09. The van der Waals surface area contributed by atoms with Crippen LogP contribution in [-0.2, 0) is 13.1 Å². The largest absolute Gasteiger partial charge is 0.454 e. The smallest absolute Gasteiger partial charge is 0.231 e. The highest BCUT2D eigenvalue weighted by Gasteiger charge is 2.16. The minimum atomic E-state index is 0.311. The van der Waals surface area contributed by atoms with Crippen molar-refractivity contribution in [3.8, 4) is 27.8 Å². The van der Waals surface area contributed by atoms with Crippen LogP contribution in [0.25, 0.3) is 16.3 Å². The lowest BCUT2D eigenvalue weighted by atomic mass is 10.2. The highest BCUT2D eigenvalue weighted by Crippen LogP contribution is 2.32. The van der Waals surface area contributed by atoms with Crippen molar-refractivity contribution in [2.75, 3.05) is 6.79 Å². The average Bonchev–Trinajstić information content (AvgIpc) is 3.48. The second-order valence-corrected chi connectivity index (χ2v) is 7.59. The molecule has 1 aliphatic heterocycles. The van der Waals surface area contributed by atoms with Gasteiger partial charge >= 0.3 is 0 Å². The third-order valence-electron chi connectivity index (χ3n) is 4.75. The van der Waals surface area contributed by atoms with Gasteiger partial charge in [0, 0.05) is 11.8 Å². The minimum Gasteiger partial charge on any atom is -0.454 e. The van der Waals surface area contributed by atoms with Gasteiger partial charge in [-0.15, -0.1) is 11.3 Å². The van der Waals surface area contributed by atoms with E-state index >= 15 is 0 Å². The highest BCUT2D eigenvalue weighted by atomic mass is 32.1. The van der Waals surface area contributed by atoms with E-state index in [4.69, 9.17) is 14.6 Å². The number of hydrogen-bond donors (Lipinski definition) is 1. The molecule has 0 amide bonds. The first-order valence-corrected chi connectivity index (χ1v) is 10.1. The molecule has 0 fully saturated rings. The Morgan fingerprint density at radius 3 is 2.71 bits per heavy atom. The maximum Gasteiger partial charge on any atom is 0.231 e. The molecule has 0 spiro atoms. The summed E-state index contributed by atoms with van der Waals surface area (Å²) in [5.41, 5.74) is 4.58. The first-order chi connectivity index (χ1) is 13.9. The summed E-state index contributed by atoms with van der Waals surface area (Å²) in [6.45, 7) is 2.04. The van der Waals surface area contributed by atoms with E-state index in [1.807, 2.05) is 28.9 Å². The van der Waals surface area contributed by atoms with Crippen molar-refractivity contribution in [1.29, 1.82) is 0 Å². The fourth-order valence-electron chi connectivity index (χ4n) is 3.36. The van der Waals surface area contributed by atoms with Crippen LogP contribution in [0.15, 0.2) is 72.2 Å². The Kier molecular flexibility index (Phi) is 4.56. The van der Waals surface area contributed by atoms with Crippen LogP contribution in [0.3, 0.4) is 0 Å². The van der Waals surface area contributed by atoms with Crippen LogP contribution < -0.4 is 14.8 Å². The first kappa shape index (κ1) is 17.0. The quantitative estimate of drug-likeness (QED) is 0.547. The van der Waals surface area contributed by atoms with Crippen molar-refractivity contribution in [3.05, 3.63) is 83.4 Å². The monoisotopic (exact) mass is 390 g/mol. The molecule has 0 unspecified atom stereocenters. The summed E-state index contributed by atoms with van der Waals surface area (Å²) in [5.74, 6) is 1.66. The molecule has 2 aromatic carbocycles. The Balaban J connectivity index is 1.36. The summed E-state index contributed by atoms with van der Waals surface area (Å²) >= 11 is 1.72. The number of quaternary nitrogens is 1. The Morgan fingerprint density at radius 1 is 0.964 bits per heavy atom. The van der Waals surface area contributed by atoms with Crippen LogP contribution in [0.4, 0.5) is 0 Å². The van der Waals surface area contributed by atoms with E-state index in [9.17, 15) is 0 Å². The van der Waals surface area contributed by atoms with E-state index in [-0.39, 0.29) is 0 Å². The van der Waals surface area contributed by atoms with Gasteiger partial charge in [0.15, 0.2) is 11.5 Å². The first-order valence-electron chi connectivity index (χ1n) is 9.25. The molecule has 0 saturated heterocycles. The molecule has 0 bridgehead atoms. The Labute approximate surface area is 167 Å². The molecule has 5 rings (SSSR count). The van der Waals surface area contributed by atoms with Crippen molar-refractivity contribution in [2.45, 2.75) is 13.1 Å². The lowest BCUT2D eigenvalue weighted by molar-refractivity contribution is -0.686. The van der Waals surface area contributed by atoms with E-state index in [0.29, 0.717) is 6.79 Å². The van der Waals surface area contributed by atoms with E-state index in [1.54, 1.807) is 11.3 Å². The highest BCUT2D eigenvalue weighted by molar-refractivity contribution is 7.13. The predicted molar refractivity (Wildman–Crippen MR) is 109 cm³/mol. The van der Waals surface area contributed by atoms with Crippen LogP contribution >= 0.6 is 11.3 Å². The van der Waals surface area contributed by atoms with E-state index in [1.165, 1.54) is 16.0 Å². The Bertz CT molecular complexity index is 1070. The molecular weight excluding hydrogens is 370 g/mol. The summed E-state index contributed by atoms with van der Waals surface area (Å²) in [6.07, 6.45) is 2.14. The molecule has 1 aliphatic rings. The number of nitrogens with two attached hydrogens (primary N) is 1. The van der Waals surface area contributed by atoms with Gasteiger partial charge in [0.05, 0.1) is 16.1 Å². The van der Waals surface area contributed by atoms with Crippen molar-refractivity contribution in [1.82, 2.24) is 9.78 Å². The topological polar surface area (TPSA) is 52.9 Å². The maximum atomic E-state index is 5.48. The van der Waals surface area contributed by atoms with E-state index < -0.39 is 0 Å². The van der Waals surface area contributed by atoms with Crippen LogP contribution in [0, 0.1) is 0 Å². The molecule has 140 valence electrons. The summed E-state index contributed by atoms with van der Waals surface area (Å²) in [6, 6.07) is 20.6. The number of aromatic nitrogens is 2. The van der Waals surface area contributed by atoms with Crippen molar-refractivity contribution >= 4 is 11.3 Å². The van der Waals surface area contributed by atoms with Crippen LogP contribution in [0.5, 0.6) is 11.5 Å². The molecule has 3 heterocycles. The lowest BCUT2D eigenvalue weighted by Crippen LogP contribution is -2.80. The number of ether oxygens (including phenoxy) is 2. The third kappa shape index (κ3) is 3.40. The van der Waals surface area contributed by atoms with Gasteiger partial charge in [0.1, 0.15) is 18.8 Å². The number of fused-ring (bicyclic) bond motifs is 1. The van der Waals surface area contributed by atoms with Gasteiger partial charge in [0.25, 0.3) is 0 Å². The predicted octanol–water partition coefficient (Wildman–Crippen LogP) is 3.59. The molecular formula is C22H20N3O2S+. The Morgan fingerprint density at radius 2 is 1.86 bits per heavy atom. The number of benzene rings is 2. The van der Waals surface area contributed by atoms with E-state index in [2.05, 4.69) is 53.3 Å². The third-order valence-corrected chi connectivity index (χ3v) is 5.62. The number of para-hydroxylation sites is 1. The van der Waals surface area contributed by atoms with Crippen LogP contribution in [0.2, 0.25) is 0 Å². The van der Waals surface area contributed by atoms with Gasteiger partial charge in [-0.2, -0.15) is 5.10 Å². The second kappa shape index (κ2) is 7.50. The van der Waals surface area contributed by atoms with Gasteiger partial charge in [-0.25, -0.2) is 4.68 Å². The van der Waals surface area contributed by atoms with Gasteiger partial charge in [0.2, 0.25) is 6.79 Å². The molecule has 2 aromatic heterocycles. The number of rotatable bonds is 6. The van der Waals surface area contributed by atoms with Crippen LogP contribution in [-0.4, -0.2) is 16.6 Å². The maximum absolute atomic E-state index is 5.48. The molecule has 6 heteroatoms. The van der Waals surface area contributed by atoms with Gasteiger partial charge < -0.3 is 14.8 Å². The number of thiophene rings is 1. The van der Waals surface area contributed by atoms with Gasteiger partial charge in [-0.05, 0) is 41.8 Å². The lowest BCUT2D eigenvalue weighted by Gasteiger charge is -2.03. The molecule has 5 nitrogen and oxygen atoms in total. The van der Waals surface area contributed by atoms with Crippen molar-refractivity contribution in [2.24, 2.45) is 0 Å². The zero-order chi connectivity index (χ0) is 18.8. The zero-order valence-corrected chi connectivity index (χ0v) is 16.1. The summed E-state index contributed by atoms with van der Waals surface area (Å²) in [4.78, 5) is 1.20. The fourth-order valence-corrected chi connectivity index (χ4v) is 4.10. The minimum absolute atomic E-state index is 0.311. The van der Waals surface area contributed by atoms with Gasteiger partial charge in [-0.1, -0.05) is 24.3 Å². The molecule has 4 aromatic rings.